The summed E-state index contributed by atoms with van der Waals surface area (Å²) in [4.78, 5) is 22.8. The number of amides is 1. The van der Waals surface area contributed by atoms with E-state index in [0.717, 1.165) is 31.8 Å². The quantitative estimate of drug-likeness (QED) is 0.946. The first-order chi connectivity index (χ1) is 11.1. The number of carbonyl (C=O) groups excluding carboxylic acids is 1. The molecule has 1 aromatic carbocycles. The van der Waals surface area contributed by atoms with Crippen LogP contribution in [0.5, 0.6) is 0 Å². The molecule has 0 unspecified atom stereocenters. The van der Waals surface area contributed by atoms with E-state index in [0.29, 0.717) is 11.5 Å². The zero-order chi connectivity index (χ0) is 16.2. The van der Waals surface area contributed by atoms with Gasteiger partial charge in [-0.2, -0.15) is 0 Å². The Morgan fingerprint density at radius 3 is 2.52 bits per heavy atom. The first-order valence-electron chi connectivity index (χ1n) is 7.76. The number of aromatic nitrogens is 2. The number of nitrogens with zero attached hydrogens (tertiary/aromatic N) is 3. The van der Waals surface area contributed by atoms with Crippen LogP contribution in [0.1, 0.15) is 30.1 Å². The Morgan fingerprint density at radius 1 is 1.22 bits per heavy atom. The van der Waals surface area contributed by atoms with E-state index in [1.165, 1.54) is 24.5 Å². The molecule has 0 spiro atoms. The molecule has 0 saturated carbocycles. The van der Waals surface area contributed by atoms with E-state index < -0.39 is 11.7 Å². The number of piperidine rings is 1. The van der Waals surface area contributed by atoms with Gasteiger partial charge in [0.25, 0.3) is 5.91 Å². The van der Waals surface area contributed by atoms with E-state index in [1.54, 1.807) is 12.1 Å². The number of nitrogens with one attached hydrogen (secondary N) is 1. The van der Waals surface area contributed by atoms with Crippen molar-refractivity contribution in [1.82, 2.24) is 9.97 Å². The third-order valence-electron chi connectivity index (χ3n) is 4.09. The summed E-state index contributed by atoms with van der Waals surface area (Å²) in [6, 6.07) is 6.04. The van der Waals surface area contributed by atoms with Gasteiger partial charge in [-0.05, 0) is 30.9 Å². The molecule has 0 aliphatic carbocycles. The van der Waals surface area contributed by atoms with E-state index in [4.69, 9.17) is 0 Å². The number of hydrogen-bond acceptors (Lipinski definition) is 4. The minimum Gasteiger partial charge on any atom is -0.341 e. The van der Waals surface area contributed by atoms with Crippen LogP contribution >= 0.6 is 0 Å². The van der Waals surface area contributed by atoms with Gasteiger partial charge in [0.1, 0.15) is 5.82 Å². The molecule has 1 fully saturated rings. The first-order valence-corrected chi connectivity index (χ1v) is 7.76. The molecule has 6 heteroatoms. The molecule has 1 saturated heterocycles. The summed E-state index contributed by atoms with van der Waals surface area (Å²) < 4.78 is 13.6. The Kier molecular flexibility index (Phi) is 4.50. The van der Waals surface area contributed by atoms with E-state index in [-0.39, 0.29) is 5.69 Å². The molecule has 1 aromatic heterocycles. The molecule has 3 rings (SSSR count). The topological polar surface area (TPSA) is 58.1 Å². The maximum absolute atomic E-state index is 13.6. The molecule has 2 heterocycles. The Bertz CT molecular complexity index is 681. The van der Waals surface area contributed by atoms with Crippen molar-refractivity contribution >= 4 is 17.5 Å². The Balaban J connectivity index is 1.67. The van der Waals surface area contributed by atoms with Crippen LogP contribution in [0.15, 0.2) is 36.7 Å². The molecular weight excluding hydrogens is 295 g/mol. The SMILES string of the molecule is CC1CCN(c2ncc(C(=O)Nc3ccccc3F)cn2)CC1. The fourth-order valence-electron chi connectivity index (χ4n) is 2.57. The van der Waals surface area contributed by atoms with E-state index in [1.807, 2.05) is 0 Å². The average Bonchev–Trinajstić information content (AvgIpc) is 2.58. The summed E-state index contributed by atoms with van der Waals surface area (Å²) in [7, 11) is 0. The second kappa shape index (κ2) is 6.73. The van der Waals surface area contributed by atoms with Gasteiger partial charge in [0.15, 0.2) is 0 Å². The average molecular weight is 314 g/mol. The minimum atomic E-state index is -0.471. The molecule has 1 N–H and O–H groups in total. The Labute approximate surface area is 134 Å². The fraction of sp³-hybridized carbons (Fsp3) is 0.353. The number of rotatable bonds is 3. The summed E-state index contributed by atoms with van der Waals surface area (Å²) in [5, 5.41) is 2.52. The molecule has 0 atom stereocenters. The third-order valence-corrected chi connectivity index (χ3v) is 4.09. The van der Waals surface area contributed by atoms with Crippen molar-refractivity contribution in [3.63, 3.8) is 0 Å². The normalized spacial score (nSPS) is 15.5. The summed E-state index contributed by atoms with van der Waals surface area (Å²) in [6.45, 7) is 4.11. The highest BCUT2D eigenvalue weighted by Gasteiger charge is 2.18. The molecule has 1 aliphatic rings. The van der Waals surface area contributed by atoms with Gasteiger partial charge in [0, 0.05) is 25.5 Å². The van der Waals surface area contributed by atoms with Crippen molar-refractivity contribution in [3.8, 4) is 0 Å². The summed E-state index contributed by atoms with van der Waals surface area (Å²) in [5.74, 6) is 0.478. The van der Waals surface area contributed by atoms with Gasteiger partial charge in [0.2, 0.25) is 5.95 Å². The molecular formula is C17H19FN4O. The second-order valence-corrected chi connectivity index (χ2v) is 5.88. The number of benzene rings is 1. The smallest absolute Gasteiger partial charge is 0.258 e. The van der Waals surface area contributed by atoms with Gasteiger partial charge >= 0.3 is 0 Å². The van der Waals surface area contributed by atoms with E-state index in [2.05, 4.69) is 27.1 Å². The van der Waals surface area contributed by atoms with Crippen LogP contribution in [0.2, 0.25) is 0 Å². The molecule has 5 nitrogen and oxygen atoms in total. The summed E-state index contributed by atoms with van der Waals surface area (Å²) >= 11 is 0. The van der Waals surface area contributed by atoms with E-state index in [9.17, 15) is 9.18 Å². The maximum Gasteiger partial charge on any atom is 0.258 e. The standard InChI is InChI=1S/C17H19FN4O/c1-12-6-8-22(9-7-12)17-19-10-13(11-20-17)16(23)21-15-5-3-2-4-14(15)18/h2-5,10-12H,6-9H2,1H3,(H,21,23). The summed E-state index contributed by atoms with van der Waals surface area (Å²) in [6.07, 6.45) is 5.21. The van der Waals surface area contributed by atoms with Crippen LogP contribution < -0.4 is 10.2 Å². The van der Waals surface area contributed by atoms with Crippen LogP contribution in [-0.2, 0) is 0 Å². The van der Waals surface area contributed by atoms with Gasteiger partial charge < -0.3 is 10.2 Å². The highest BCUT2D eigenvalue weighted by Crippen LogP contribution is 2.20. The number of halogens is 1. The predicted octanol–water partition coefficient (Wildman–Crippen LogP) is 3.10. The highest BCUT2D eigenvalue weighted by atomic mass is 19.1. The van der Waals surface area contributed by atoms with Crippen LogP contribution in [0.25, 0.3) is 0 Å². The zero-order valence-corrected chi connectivity index (χ0v) is 13.0. The van der Waals surface area contributed by atoms with Crippen molar-refractivity contribution in [3.05, 3.63) is 48.0 Å². The predicted molar refractivity (Wildman–Crippen MR) is 87.0 cm³/mol. The molecule has 1 aliphatic heterocycles. The monoisotopic (exact) mass is 314 g/mol. The number of carbonyl (C=O) groups is 1. The van der Waals surface area contributed by atoms with Crippen molar-refractivity contribution in [2.24, 2.45) is 5.92 Å². The molecule has 1 amide bonds. The third kappa shape index (κ3) is 3.64. The first kappa shape index (κ1) is 15.4. The van der Waals surface area contributed by atoms with Crippen LogP contribution in [0.3, 0.4) is 0 Å². The van der Waals surface area contributed by atoms with Crippen molar-refractivity contribution < 1.29 is 9.18 Å². The second-order valence-electron chi connectivity index (χ2n) is 5.88. The van der Waals surface area contributed by atoms with Crippen LogP contribution in [0, 0.1) is 11.7 Å². The number of para-hydroxylation sites is 1. The lowest BCUT2D eigenvalue weighted by Gasteiger charge is -2.30. The van der Waals surface area contributed by atoms with Gasteiger partial charge in [-0.15, -0.1) is 0 Å². The van der Waals surface area contributed by atoms with Crippen molar-refractivity contribution in [1.29, 1.82) is 0 Å². The van der Waals surface area contributed by atoms with Crippen molar-refractivity contribution in [2.75, 3.05) is 23.3 Å². The molecule has 23 heavy (non-hydrogen) atoms. The number of hydrogen-bond donors (Lipinski definition) is 1. The van der Waals surface area contributed by atoms with Gasteiger partial charge in [-0.3, -0.25) is 4.79 Å². The maximum atomic E-state index is 13.6. The van der Waals surface area contributed by atoms with Crippen molar-refractivity contribution in [2.45, 2.75) is 19.8 Å². The Morgan fingerprint density at radius 2 is 1.87 bits per heavy atom. The zero-order valence-electron chi connectivity index (χ0n) is 13.0. The minimum absolute atomic E-state index is 0.145. The molecule has 0 radical (unpaired) electrons. The number of anilines is 2. The molecule has 0 bridgehead atoms. The van der Waals surface area contributed by atoms with Gasteiger partial charge in [-0.25, -0.2) is 14.4 Å². The lowest BCUT2D eigenvalue weighted by molar-refractivity contribution is 0.102. The fourth-order valence-corrected chi connectivity index (χ4v) is 2.57. The molecule has 120 valence electrons. The molecule has 2 aromatic rings. The summed E-state index contributed by atoms with van der Waals surface area (Å²) in [5.41, 5.74) is 0.453. The lowest BCUT2D eigenvalue weighted by atomic mass is 10.00. The van der Waals surface area contributed by atoms with E-state index >= 15 is 0 Å². The van der Waals surface area contributed by atoms with Crippen LogP contribution in [0.4, 0.5) is 16.0 Å². The van der Waals surface area contributed by atoms with Gasteiger partial charge in [0.05, 0.1) is 11.3 Å². The highest BCUT2D eigenvalue weighted by molar-refractivity contribution is 6.03. The lowest BCUT2D eigenvalue weighted by Crippen LogP contribution is -2.34. The van der Waals surface area contributed by atoms with Crippen LogP contribution in [-0.4, -0.2) is 29.0 Å². The largest absolute Gasteiger partial charge is 0.341 e. The Hall–Kier alpha value is -2.50. The van der Waals surface area contributed by atoms with Gasteiger partial charge in [-0.1, -0.05) is 19.1 Å².